The highest BCUT2D eigenvalue weighted by Crippen LogP contribution is 2.27. The van der Waals surface area contributed by atoms with E-state index in [1.807, 2.05) is 54.6 Å². The average Bonchev–Trinajstić information content (AvgIpc) is 3.49. The van der Waals surface area contributed by atoms with Gasteiger partial charge in [0.25, 0.3) is 5.91 Å². The highest BCUT2D eigenvalue weighted by Gasteiger charge is 2.16. The van der Waals surface area contributed by atoms with Gasteiger partial charge in [-0.15, -0.1) is 0 Å². The minimum Gasteiger partial charge on any atom is -0.489 e. The minimum atomic E-state index is -0.740. The van der Waals surface area contributed by atoms with Gasteiger partial charge in [0.2, 0.25) is 0 Å². The van der Waals surface area contributed by atoms with E-state index in [0.717, 1.165) is 16.5 Å². The third kappa shape index (κ3) is 4.28. The fourth-order valence-electron chi connectivity index (χ4n) is 3.51. The van der Waals surface area contributed by atoms with Gasteiger partial charge >= 0.3 is 5.76 Å². The van der Waals surface area contributed by atoms with Crippen molar-refractivity contribution in [1.29, 1.82) is 5.26 Å². The number of rotatable bonds is 6. The zero-order chi connectivity index (χ0) is 23.5. The summed E-state index contributed by atoms with van der Waals surface area (Å²) in [5, 5.41) is 16.5. The van der Waals surface area contributed by atoms with Gasteiger partial charge in [-0.1, -0.05) is 35.5 Å². The number of aromatic amines is 2. The maximum Gasteiger partial charge on any atom is 0.439 e. The SMILES string of the molecule is N#Cc1ccc(NC(=O)c2cc3ccc(OCc4ccccc4)cc3[nH]2)c(-c2noc(=O)[nH]2)c1. The topological polar surface area (TPSA) is 137 Å². The first-order valence-corrected chi connectivity index (χ1v) is 10.3. The van der Waals surface area contributed by atoms with Crippen molar-refractivity contribution in [3.8, 4) is 23.2 Å². The van der Waals surface area contributed by atoms with Crippen LogP contribution in [0.25, 0.3) is 22.3 Å². The van der Waals surface area contributed by atoms with Crippen molar-refractivity contribution in [3.05, 3.63) is 100 Å². The molecule has 3 N–H and O–H groups in total. The summed E-state index contributed by atoms with van der Waals surface area (Å²) in [5.74, 6) is -0.362. The van der Waals surface area contributed by atoms with Crippen LogP contribution in [0.15, 0.2) is 82.1 Å². The number of carbonyl (C=O) groups is 1. The summed E-state index contributed by atoms with van der Waals surface area (Å²) >= 11 is 0. The van der Waals surface area contributed by atoms with Crippen molar-refractivity contribution in [2.75, 3.05) is 5.32 Å². The van der Waals surface area contributed by atoms with Crippen LogP contribution in [0.1, 0.15) is 21.6 Å². The molecule has 5 aromatic rings. The maximum atomic E-state index is 13.0. The lowest BCUT2D eigenvalue weighted by Gasteiger charge is -2.08. The molecule has 3 aromatic carbocycles. The monoisotopic (exact) mass is 451 g/mol. The molecule has 0 radical (unpaired) electrons. The van der Waals surface area contributed by atoms with E-state index in [4.69, 9.17) is 4.74 Å². The van der Waals surface area contributed by atoms with Gasteiger partial charge in [0, 0.05) is 22.5 Å². The molecule has 0 fully saturated rings. The Hall–Kier alpha value is -5.10. The van der Waals surface area contributed by atoms with Crippen molar-refractivity contribution < 1.29 is 14.1 Å². The van der Waals surface area contributed by atoms with Crippen LogP contribution in [-0.2, 0) is 6.61 Å². The Labute approximate surface area is 192 Å². The molecule has 0 aliphatic rings. The molecule has 0 saturated heterocycles. The summed E-state index contributed by atoms with van der Waals surface area (Å²) in [5.41, 5.74) is 3.19. The number of aromatic nitrogens is 3. The summed E-state index contributed by atoms with van der Waals surface area (Å²) < 4.78 is 10.4. The molecule has 0 atom stereocenters. The standard InChI is InChI=1S/C25H17N5O4/c26-13-16-6-9-20(19(10-16)23-29-25(32)34-30-23)28-24(31)22-11-17-7-8-18(12-21(17)27-22)33-14-15-4-2-1-3-5-15/h1-12,27H,14H2,(H,28,31)(H,29,30,32). The summed E-state index contributed by atoms with van der Waals surface area (Å²) in [6.07, 6.45) is 0. The van der Waals surface area contributed by atoms with E-state index in [9.17, 15) is 14.9 Å². The van der Waals surface area contributed by atoms with Crippen molar-refractivity contribution in [1.82, 2.24) is 15.1 Å². The second-order valence-electron chi connectivity index (χ2n) is 7.48. The molecular formula is C25H17N5O4. The van der Waals surface area contributed by atoms with Gasteiger partial charge < -0.3 is 15.0 Å². The van der Waals surface area contributed by atoms with E-state index in [1.165, 1.54) is 6.07 Å². The van der Waals surface area contributed by atoms with Crippen LogP contribution in [0, 0.1) is 11.3 Å². The zero-order valence-electron chi connectivity index (χ0n) is 17.7. The van der Waals surface area contributed by atoms with E-state index in [0.29, 0.717) is 34.9 Å². The summed E-state index contributed by atoms with van der Waals surface area (Å²) in [7, 11) is 0. The summed E-state index contributed by atoms with van der Waals surface area (Å²) in [4.78, 5) is 29.9. The van der Waals surface area contributed by atoms with E-state index < -0.39 is 11.7 Å². The van der Waals surface area contributed by atoms with Crippen molar-refractivity contribution >= 4 is 22.5 Å². The molecule has 2 aromatic heterocycles. The molecule has 5 rings (SSSR count). The van der Waals surface area contributed by atoms with Crippen LogP contribution < -0.4 is 15.8 Å². The number of hydrogen-bond acceptors (Lipinski definition) is 6. The fraction of sp³-hybridized carbons (Fsp3) is 0.0400. The fourth-order valence-corrected chi connectivity index (χ4v) is 3.51. The Morgan fingerprint density at radius 2 is 1.91 bits per heavy atom. The normalized spacial score (nSPS) is 10.7. The molecule has 0 aliphatic heterocycles. The number of ether oxygens (including phenoxy) is 1. The van der Waals surface area contributed by atoms with E-state index >= 15 is 0 Å². The Bertz CT molecular complexity index is 1590. The highest BCUT2D eigenvalue weighted by atomic mass is 16.5. The Kier molecular flexibility index (Phi) is 5.38. The number of hydrogen-bond donors (Lipinski definition) is 3. The first-order chi connectivity index (χ1) is 16.6. The number of nitrogens with one attached hydrogen (secondary N) is 3. The number of benzene rings is 3. The van der Waals surface area contributed by atoms with Crippen LogP contribution in [0.2, 0.25) is 0 Å². The predicted octanol–water partition coefficient (Wildman–Crippen LogP) is 4.21. The zero-order valence-corrected chi connectivity index (χ0v) is 17.7. The summed E-state index contributed by atoms with van der Waals surface area (Å²) in [6.45, 7) is 0.437. The smallest absolute Gasteiger partial charge is 0.439 e. The number of H-pyrrole nitrogens is 2. The summed E-state index contributed by atoms with van der Waals surface area (Å²) in [6, 6.07) is 23.8. The number of nitriles is 1. The van der Waals surface area contributed by atoms with E-state index in [1.54, 1.807) is 18.2 Å². The predicted molar refractivity (Wildman–Crippen MR) is 124 cm³/mol. The van der Waals surface area contributed by atoms with Gasteiger partial charge in [0.1, 0.15) is 18.1 Å². The number of carbonyl (C=O) groups excluding carboxylic acids is 1. The molecule has 0 unspecified atom stereocenters. The van der Waals surface area contributed by atoms with Crippen molar-refractivity contribution in [3.63, 3.8) is 0 Å². The molecule has 1 amide bonds. The number of fused-ring (bicyclic) bond motifs is 1. The molecule has 166 valence electrons. The molecule has 9 nitrogen and oxygen atoms in total. The van der Waals surface area contributed by atoms with Gasteiger partial charge in [-0.3, -0.25) is 14.3 Å². The van der Waals surface area contributed by atoms with Gasteiger partial charge in [-0.2, -0.15) is 5.26 Å². The highest BCUT2D eigenvalue weighted by molar-refractivity contribution is 6.07. The quantitative estimate of drug-likeness (QED) is 0.354. The number of amides is 1. The average molecular weight is 451 g/mol. The lowest BCUT2D eigenvalue weighted by Crippen LogP contribution is -2.13. The third-order valence-electron chi connectivity index (χ3n) is 5.18. The molecular weight excluding hydrogens is 434 g/mol. The lowest BCUT2D eigenvalue weighted by atomic mass is 10.1. The van der Waals surface area contributed by atoms with Crippen LogP contribution in [0.4, 0.5) is 5.69 Å². The minimum absolute atomic E-state index is 0.106. The van der Waals surface area contributed by atoms with E-state index in [2.05, 4.69) is 25.0 Å². The Balaban J connectivity index is 1.38. The van der Waals surface area contributed by atoms with Crippen LogP contribution >= 0.6 is 0 Å². The van der Waals surface area contributed by atoms with Crippen molar-refractivity contribution in [2.24, 2.45) is 0 Å². The Morgan fingerprint density at radius 3 is 2.68 bits per heavy atom. The van der Waals surface area contributed by atoms with Crippen LogP contribution in [0.3, 0.4) is 0 Å². The molecule has 0 spiro atoms. The number of anilines is 1. The van der Waals surface area contributed by atoms with Crippen LogP contribution in [0.5, 0.6) is 5.75 Å². The van der Waals surface area contributed by atoms with Crippen molar-refractivity contribution in [2.45, 2.75) is 6.61 Å². The van der Waals surface area contributed by atoms with Gasteiger partial charge in [0.15, 0.2) is 5.82 Å². The van der Waals surface area contributed by atoms with Crippen LogP contribution in [-0.4, -0.2) is 21.0 Å². The van der Waals surface area contributed by atoms with Gasteiger partial charge in [0.05, 0.1) is 17.3 Å². The molecule has 0 bridgehead atoms. The second kappa shape index (κ2) is 8.80. The van der Waals surface area contributed by atoms with Gasteiger partial charge in [-0.05, 0) is 42.0 Å². The number of nitrogens with zero attached hydrogens (tertiary/aromatic N) is 2. The Morgan fingerprint density at radius 1 is 1.06 bits per heavy atom. The first kappa shape index (κ1) is 20.8. The van der Waals surface area contributed by atoms with E-state index in [-0.39, 0.29) is 5.82 Å². The lowest BCUT2D eigenvalue weighted by molar-refractivity contribution is 0.102. The molecule has 0 aliphatic carbocycles. The largest absolute Gasteiger partial charge is 0.489 e. The molecule has 0 saturated carbocycles. The maximum absolute atomic E-state index is 13.0. The van der Waals surface area contributed by atoms with Gasteiger partial charge in [-0.25, -0.2) is 4.79 Å². The molecule has 9 heteroatoms. The molecule has 34 heavy (non-hydrogen) atoms. The second-order valence-corrected chi connectivity index (χ2v) is 7.48. The first-order valence-electron chi connectivity index (χ1n) is 10.3. The molecule has 2 heterocycles. The third-order valence-corrected chi connectivity index (χ3v) is 5.18.